The fourth-order valence-electron chi connectivity index (χ4n) is 6.05. The average Bonchev–Trinajstić information content (AvgIpc) is 3.59. The van der Waals surface area contributed by atoms with Crippen LogP contribution in [0.25, 0.3) is 22.2 Å². The van der Waals surface area contributed by atoms with Gasteiger partial charge in [0.1, 0.15) is 34.7 Å². The Morgan fingerprint density at radius 1 is 1.10 bits per heavy atom. The molecule has 256 valence electrons. The molecule has 2 aromatic heterocycles. The molecular weight excluding hydrogens is 659 g/mol. The number of rotatable bonds is 9. The van der Waals surface area contributed by atoms with Crippen molar-refractivity contribution in [3.05, 3.63) is 71.0 Å². The van der Waals surface area contributed by atoms with Crippen LogP contribution in [0.15, 0.2) is 48.7 Å². The lowest BCUT2D eigenvalue weighted by Crippen LogP contribution is -2.49. The average molecular weight is 687 g/mol. The van der Waals surface area contributed by atoms with Crippen molar-refractivity contribution in [1.82, 2.24) is 15.3 Å². The summed E-state index contributed by atoms with van der Waals surface area (Å²) >= 11 is 0. The number of carbonyl (C=O) groups is 2. The molecule has 2 aromatic carbocycles. The highest BCUT2D eigenvalue weighted by molar-refractivity contribution is 6.00. The Kier molecular flexibility index (Phi) is 7.17. The Morgan fingerprint density at radius 2 is 1.84 bits per heavy atom. The number of nitrogens with zero attached hydrogens (tertiary/aromatic N) is 2. The van der Waals surface area contributed by atoms with E-state index < -0.39 is 48.0 Å². The number of pyridine rings is 2. The number of ether oxygens (including phenoxy) is 4. The van der Waals surface area contributed by atoms with Crippen LogP contribution in [0.1, 0.15) is 46.9 Å². The minimum absolute atomic E-state index is 0.0393. The molecule has 4 aromatic rings. The molecule has 3 aliphatic rings. The number of aryl methyl sites for hydroxylation is 1. The molecule has 1 aliphatic carbocycles. The number of amides is 2. The number of aliphatic hydroxyl groups is 1. The number of benzene rings is 2. The van der Waals surface area contributed by atoms with Gasteiger partial charge in [0.05, 0.1) is 12.2 Å². The first-order chi connectivity index (χ1) is 23.0. The number of fused-ring (bicyclic) bond motifs is 3. The zero-order chi connectivity index (χ0) is 35.1. The maximum atomic E-state index is 16.3. The molecule has 4 N–H and O–H groups in total. The minimum atomic E-state index is -3.92. The van der Waals surface area contributed by atoms with Gasteiger partial charge in [-0.2, -0.15) is 8.78 Å². The Morgan fingerprint density at radius 3 is 2.53 bits per heavy atom. The summed E-state index contributed by atoms with van der Waals surface area (Å²) in [6.45, 7) is -1.02. The Hall–Kier alpha value is -5.25. The second kappa shape index (κ2) is 10.9. The fourth-order valence-corrected chi connectivity index (χ4v) is 6.05. The Labute approximate surface area is 274 Å². The van der Waals surface area contributed by atoms with E-state index in [-0.39, 0.29) is 76.0 Å². The van der Waals surface area contributed by atoms with Crippen molar-refractivity contribution in [2.45, 2.75) is 56.3 Å². The third-order valence-corrected chi connectivity index (χ3v) is 9.01. The van der Waals surface area contributed by atoms with Crippen LogP contribution in [0.3, 0.4) is 0 Å². The molecule has 0 unspecified atom stereocenters. The third-order valence-electron chi connectivity index (χ3n) is 9.01. The molecule has 2 amide bonds. The lowest BCUT2D eigenvalue weighted by Gasteiger charge is -2.33. The van der Waals surface area contributed by atoms with Crippen molar-refractivity contribution in [3.63, 3.8) is 0 Å². The standard InChI is InChI=1S/C33H27F5N4O7/c1-15-7-17-8-18(10-22(47-29(34)35)24(17)40-12-15)27(43)41-13-32(45,31(36)5-6-31)23-11-19-26(46-14-30(19,2)28(39)44)25(42-23)16-3-4-20-21(9-16)49-33(37,38)48-20/h3-4,7-12,29,45H,5-6,13-14H2,1-2H3,(H2,39,44)(H,41,43)/t30-,32-/m0/s1. The zero-order valence-electron chi connectivity index (χ0n) is 25.8. The molecule has 4 heterocycles. The fraction of sp³-hybridized carbons (Fsp3) is 0.333. The second-order valence-electron chi connectivity index (χ2n) is 12.5. The van der Waals surface area contributed by atoms with Gasteiger partial charge in [-0.3, -0.25) is 14.6 Å². The van der Waals surface area contributed by atoms with E-state index in [1.54, 1.807) is 13.0 Å². The summed E-state index contributed by atoms with van der Waals surface area (Å²) in [6.07, 6.45) is -2.72. The third kappa shape index (κ3) is 5.39. The number of primary amides is 1. The molecule has 11 nitrogen and oxygen atoms in total. The van der Waals surface area contributed by atoms with Crippen molar-refractivity contribution in [3.8, 4) is 34.3 Å². The van der Waals surface area contributed by atoms with E-state index in [4.69, 9.17) is 10.5 Å². The molecule has 49 heavy (non-hydrogen) atoms. The molecule has 2 aliphatic heterocycles. The number of nitrogens with one attached hydrogen (secondary N) is 1. The largest absolute Gasteiger partial charge is 0.586 e. The van der Waals surface area contributed by atoms with Gasteiger partial charge < -0.3 is 35.1 Å². The van der Waals surface area contributed by atoms with Crippen molar-refractivity contribution in [2.75, 3.05) is 13.2 Å². The van der Waals surface area contributed by atoms with Gasteiger partial charge in [0.15, 0.2) is 22.8 Å². The van der Waals surface area contributed by atoms with E-state index in [2.05, 4.69) is 29.5 Å². The number of halogens is 5. The number of carbonyl (C=O) groups excluding carboxylic acids is 2. The van der Waals surface area contributed by atoms with Gasteiger partial charge >= 0.3 is 12.9 Å². The van der Waals surface area contributed by atoms with Crippen LogP contribution in [-0.4, -0.2) is 58.6 Å². The predicted octanol–water partition coefficient (Wildman–Crippen LogP) is 4.78. The molecule has 16 heteroatoms. The van der Waals surface area contributed by atoms with Gasteiger partial charge in [-0.1, -0.05) is 0 Å². The molecule has 2 atom stereocenters. The number of hydrogen-bond donors (Lipinski definition) is 3. The normalized spacial score (nSPS) is 20.8. The van der Waals surface area contributed by atoms with Gasteiger partial charge in [0, 0.05) is 28.3 Å². The number of alkyl halides is 5. The summed E-state index contributed by atoms with van der Waals surface area (Å²) in [7, 11) is 0. The van der Waals surface area contributed by atoms with Gasteiger partial charge in [0.2, 0.25) is 5.91 Å². The van der Waals surface area contributed by atoms with Gasteiger partial charge in [-0.15, -0.1) is 8.78 Å². The monoisotopic (exact) mass is 686 g/mol. The molecule has 0 saturated heterocycles. The Bertz CT molecular complexity index is 2060. The predicted molar refractivity (Wildman–Crippen MR) is 160 cm³/mol. The quantitative estimate of drug-likeness (QED) is 0.211. The maximum absolute atomic E-state index is 16.3. The summed E-state index contributed by atoms with van der Waals surface area (Å²) in [5, 5.41) is 14.9. The molecule has 0 bridgehead atoms. The Balaban J connectivity index is 1.30. The van der Waals surface area contributed by atoms with E-state index in [1.165, 1.54) is 43.5 Å². The molecule has 1 saturated carbocycles. The first-order valence-corrected chi connectivity index (χ1v) is 15.0. The van der Waals surface area contributed by atoms with E-state index >= 15 is 4.39 Å². The van der Waals surface area contributed by atoms with Crippen molar-refractivity contribution >= 4 is 22.7 Å². The van der Waals surface area contributed by atoms with E-state index in [0.29, 0.717) is 10.9 Å². The smallest absolute Gasteiger partial charge is 0.489 e. The molecule has 1 fully saturated rings. The zero-order valence-corrected chi connectivity index (χ0v) is 25.8. The van der Waals surface area contributed by atoms with Crippen LogP contribution in [0.4, 0.5) is 22.0 Å². The molecule has 0 spiro atoms. The highest BCUT2D eigenvalue weighted by Crippen LogP contribution is 2.55. The summed E-state index contributed by atoms with van der Waals surface area (Å²) in [5.74, 6) is -2.59. The van der Waals surface area contributed by atoms with Crippen LogP contribution in [0.5, 0.6) is 23.0 Å². The van der Waals surface area contributed by atoms with E-state index in [1.807, 2.05) is 0 Å². The summed E-state index contributed by atoms with van der Waals surface area (Å²) in [6, 6.07) is 9.06. The lowest BCUT2D eigenvalue weighted by molar-refractivity contribution is -0.286. The highest BCUT2D eigenvalue weighted by atomic mass is 19.3. The molecule has 0 radical (unpaired) electrons. The number of aromatic nitrogens is 2. The van der Waals surface area contributed by atoms with Crippen molar-refractivity contribution in [2.24, 2.45) is 5.73 Å². The van der Waals surface area contributed by atoms with Gasteiger partial charge in [0.25, 0.3) is 5.91 Å². The SMILES string of the molecule is Cc1cnc2c(OC(F)F)cc(C(=O)NC[C@](O)(c3cc4c(c(-c5ccc6c(c5)OC(F)(F)O6)n3)OC[C@]4(C)C(N)=O)C3(F)CC3)cc2c1. The van der Waals surface area contributed by atoms with Crippen LogP contribution in [0.2, 0.25) is 0 Å². The molecule has 7 rings (SSSR count). The maximum Gasteiger partial charge on any atom is 0.586 e. The van der Waals surface area contributed by atoms with Gasteiger partial charge in [-0.25, -0.2) is 9.37 Å². The van der Waals surface area contributed by atoms with E-state index in [9.17, 15) is 32.3 Å². The first-order valence-electron chi connectivity index (χ1n) is 15.0. The lowest BCUT2D eigenvalue weighted by atomic mass is 9.80. The summed E-state index contributed by atoms with van der Waals surface area (Å²) in [5.41, 5.74) is -0.0325. The van der Waals surface area contributed by atoms with Crippen molar-refractivity contribution in [1.29, 1.82) is 0 Å². The summed E-state index contributed by atoms with van der Waals surface area (Å²) in [4.78, 5) is 34.8. The van der Waals surface area contributed by atoms with Crippen LogP contribution < -0.4 is 30.0 Å². The number of hydrogen-bond acceptors (Lipinski definition) is 9. The van der Waals surface area contributed by atoms with Crippen LogP contribution in [0, 0.1) is 6.92 Å². The highest BCUT2D eigenvalue weighted by Gasteiger charge is 2.62. The van der Waals surface area contributed by atoms with Gasteiger partial charge in [-0.05, 0) is 74.7 Å². The topological polar surface area (TPSA) is 155 Å². The van der Waals surface area contributed by atoms with E-state index in [0.717, 1.165) is 6.07 Å². The van der Waals surface area contributed by atoms with Crippen LogP contribution in [-0.2, 0) is 15.8 Å². The number of nitrogens with two attached hydrogens (primary N) is 1. The van der Waals surface area contributed by atoms with Crippen molar-refractivity contribution < 1.29 is 55.6 Å². The molecular formula is C33H27F5N4O7. The first kappa shape index (κ1) is 32.3. The summed E-state index contributed by atoms with van der Waals surface area (Å²) < 4.78 is 89.8. The second-order valence-corrected chi connectivity index (χ2v) is 12.5. The van der Waals surface area contributed by atoms with Crippen LogP contribution >= 0.6 is 0 Å². The minimum Gasteiger partial charge on any atom is -0.489 e.